The average molecular weight is 397 g/mol. The first kappa shape index (κ1) is 19.4. The van der Waals surface area contributed by atoms with Crippen LogP contribution in [0.15, 0.2) is 89.2 Å². The Labute approximate surface area is 177 Å². The molecule has 3 nitrogen and oxygen atoms in total. The lowest BCUT2D eigenvalue weighted by Gasteiger charge is -2.11. The van der Waals surface area contributed by atoms with Crippen LogP contribution in [0.3, 0.4) is 0 Å². The molecule has 1 aromatic carbocycles. The molecular formula is C24H24BN3S. The number of hydrogen-bond donors (Lipinski definition) is 1. The van der Waals surface area contributed by atoms with Gasteiger partial charge < -0.3 is 10.2 Å². The summed E-state index contributed by atoms with van der Waals surface area (Å²) in [6.45, 7) is 2.73. The summed E-state index contributed by atoms with van der Waals surface area (Å²) in [4.78, 5) is 7.42. The Kier molecular flexibility index (Phi) is 5.79. The van der Waals surface area contributed by atoms with Gasteiger partial charge in [-0.2, -0.15) is 0 Å². The van der Waals surface area contributed by atoms with Gasteiger partial charge in [0.25, 0.3) is 0 Å². The number of nitrogens with zero attached hydrogens (tertiary/aromatic N) is 2. The normalized spacial score (nSPS) is 15.7. The first-order chi connectivity index (χ1) is 14.2. The lowest BCUT2D eigenvalue weighted by atomic mass is 10.0. The number of nitrogens with two attached hydrogens (primary N) is 1. The summed E-state index contributed by atoms with van der Waals surface area (Å²) in [5.74, 6) is 0. The number of thiophene rings is 1. The zero-order valence-corrected chi connectivity index (χ0v) is 17.6. The standard InChI is InChI=1S/C24H24BN3S/c1-17-16-19(27-24(17)21(13-14-26)22-8-5-15-28(22)25)9-10-20-11-12-23(29-20)18-6-3-2-4-7-18/h2-12,15-16H,13-14,25-26H2,1H3/b10-9+,24-21-. The van der Waals surface area contributed by atoms with E-state index in [0.29, 0.717) is 6.54 Å². The molecule has 2 N–H and O–H groups in total. The number of aromatic nitrogens is 1. The highest BCUT2D eigenvalue weighted by atomic mass is 32.1. The van der Waals surface area contributed by atoms with Crippen molar-refractivity contribution in [1.29, 1.82) is 0 Å². The first-order valence-corrected chi connectivity index (χ1v) is 10.6. The highest BCUT2D eigenvalue weighted by molar-refractivity contribution is 7.16. The highest BCUT2D eigenvalue weighted by Gasteiger charge is 2.17. The maximum Gasteiger partial charge on any atom is 0.223 e. The molecule has 4 rings (SSSR count). The van der Waals surface area contributed by atoms with Gasteiger partial charge in [-0.25, -0.2) is 4.99 Å². The minimum atomic E-state index is 0.607. The van der Waals surface area contributed by atoms with Crippen LogP contribution in [0.25, 0.3) is 22.1 Å². The van der Waals surface area contributed by atoms with Gasteiger partial charge in [0.05, 0.1) is 11.4 Å². The third-order valence-corrected chi connectivity index (χ3v) is 6.11. The van der Waals surface area contributed by atoms with E-state index in [1.807, 2.05) is 6.07 Å². The van der Waals surface area contributed by atoms with Crippen LogP contribution in [-0.4, -0.2) is 24.7 Å². The average Bonchev–Trinajstić information content (AvgIpc) is 3.46. The van der Waals surface area contributed by atoms with Gasteiger partial charge >= 0.3 is 0 Å². The van der Waals surface area contributed by atoms with Crippen LogP contribution in [-0.2, 0) is 0 Å². The van der Waals surface area contributed by atoms with Crippen LogP contribution in [0.1, 0.15) is 23.9 Å². The van der Waals surface area contributed by atoms with Crippen molar-refractivity contribution in [3.05, 3.63) is 94.8 Å². The van der Waals surface area contributed by atoms with E-state index in [2.05, 4.69) is 92.3 Å². The summed E-state index contributed by atoms with van der Waals surface area (Å²) in [7, 11) is 2.06. The molecule has 144 valence electrons. The second-order valence-electron chi connectivity index (χ2n) is 7.14. The van der Waals surface area contributed by atoms with Crippen LogP contribution in [0.4, 0.5) is 0 Å². The predicted octanol–water partition coefficient (Wildman–Crippen LogP) is 4.79. The summed E-state index contributed by atoms with van der Waals surface area (Å²) >= 11 is 1.79. The van der Waals surface area contributed by atoms with Crippen molar-refractivity contribution in [2.24, 2.45) is 10.7 Å². The Morgan fingerprint density at radius 1 is 1.10 bits per heavy atom. The van der Waals surface area contributed by atoms with Gasteiger partial charge in [0.1, 0.15) is 0 Å². The van der Waals surface area contributed by atoms with Crippen molar-refractivity contribution in [2.75, 3.05) is 6.54 Å². The molecule has 3 aromatic rings. The fourth-order valence-corrected chi connectivity index (χ4v) is 4.50. The molecule has 0 amide bonds. The Morgan fingerprint density at radius 2 is 1.93 bits per heavy atom. The predicted molar refractivity (Wildman–Crippen MR) is 129 cm³/mol. The van der Waals surface area contributed by atoms with E-state index in [0.717, 1.165) is 17.8 Å². The maximum absolute atomic E-state index is 5.89. The van der Waals surface area contributed by atoms with Gasteiger partial charge in [-0.05, 0) is 79.7 Å². The van der Waals surface area contributed by atoms with E-state index >= 15 is 0 Å². The van der Waals surface area contributed by atoms with Crippen molar-refractivity contribution in [2.45, 2.75) is 13.3 Å². The van der Waals surface area contributed by atoms with Crippen LogP contribution < -0.4 is 5.73 Å². The summed E-state index contributed by atoms with van der Waals surface area (Å²) in [5.41, 5.74) is 12.8. The van der Waals surface area contributed by atoms with Crippen molar-refractivity contribution < 1.29 is 0 Å². The molecule has 0 saturated carbocycles. The van der Waals surface area contributed by atoms with E-state index in [-0.39, 0.29) is 0 Å². The molecule has 0 radical (unpaired) electrons. The molecule has 2 aromatic heterocycles. The third kappa shape index (κ3) is 4.26. The molecule has 1 aliphatic rings. The number of allylic oxidation sites excluding steroid dienone is 3. The molecule has 0 fully saturated rings. The quantitative estimate of drug-likeness (QED) is 0.598. The van der Waals surface area contributed by atoms with Gasteiger partial charge in [0.15, 0.2) is 0 Å². The van der Waals surface area contributed by atoms with E-state index in [9.17, 15) is 0 Å². The fraction of sp³-hybridized carbons (Fsp3) is 0.125. The van der Waals surface area contributed by atoms with Crippen LogP contribution in [0.2, 0.25) is 0 Å². The van der Waals surface area contributed by atoms with Crippen LogP contribution in [0, 0.1) is 0 Å². The number of benzene rings is 1. The molecule has 0 aliphatic carbocycles. The summed E-state index contributed by atoms with van der Waals surface area (Å²) < 4.78 is 2.13. The fourth-order valence-electron chi connectivity index (χ4n) is 3.58. The number of hydrogen-bond acceptors (Lipinski definition) is 3. The molecule has 0 bridgehead atoms. The van der Waals surface area contributed by atoms with Crippen molar-refractivity contribution in [3.63, 3.8) is 0 Å². The van der Waals surface area contributed by atoms with E-state index in [1.165, 1.54) is 32.2 Å². The van der Waals surface area contributed by atoms with E-state index < -0.39 is 0 Å². The minimum Gasteiger partial charge on any atom is -0.399 e. The zero-order valence-electron chi connectivity index (χ0n) is 16.8. The molecule has 0 atom stereocenters. The Balaban J connectivity index is 1.60. The van der Waals surface area contributed by atoms with Crippen molar-refractivity contribution >= 4 is 36.7 Å². The molecular weight excluding hydrogens is 373 g/mol. The lowest BCUT2D eigenvalue weighted by Crippen LogP contribution is -2.05. The van der Waals surface area contributed by atoms with E-state index in [1.54, 1.807) is 11.3 Å². The van der Waals surface area contributed by atoms with Crippen molar-refractivity contribution in [1.82, 2.24) is 4.48 Å². The van der Waals surface area contributed by atoms with Gasteiger partial charge in [0.2, 0.25) is 7.98 Å². The summed E-state index contributed by atoms with van der Waals surface area (Å²) in [6.07, 6.45) is 9.27. The topological polar surface area (TPSA) is 43.3 Å². The molecule has 3 heterocycles. The Hall–Kier alpha value is -2.89. The summed E-state index contributed by atoms with van der Waals surface area (Å²) in [6, 6.07) is 19.0. The van der Waals surface area contributed by atoms with E-state index in [4.69, 9.17) is 10.7 Å². The largest absolute Gasteiger partial charge is 0.399 e. The van der Waals surface area contributed by atoms with Gasteiger partial charge in [-0.1, -0.05) is 30.3 Å². The maximum atomic E-state index is 5.89. The second kappa shape index (κ2) is 8.64. The molecule has 0 unspecified atom stereocenters. The van der Waals surface area contributed by atoms with Crippen LogP contribution >= 0.6 is 11.3 Å². The summed E-state index contributed by atoms with van der Waals surface area (Å²) in [5, 5.41) is 0. The number of rotatable bonds is 6. The highest BCUT2D eigenvalue weighted by Crippen LogP contribution is 2.32. The Morgan fingerprint density at radius 3 is 2.66 bits per heavy atom. The molecule has 0 spiro atoms. The SMILES string of the molecule is Bn1cccc1/C(CCN)=C1N=C(/C=C/c2ccc(-c3ccccc3)s2)C=C\1C. The first-order valence-electron chi connectivity index (χ1n) is 9.81. The molecule has 0 saturated heterocycles. The monoisotopic (exact) mass is 397 g/mol. The van der Waals surface area contributed by atoms with Gasteiger partial charge in [-0.3, -0.25) is 0 Å². The smallest absolute Gasteiger partial charge is 0.223 e. The molecule has 1 aliphatic heterocycles. The number of aliphatic imine (C=N–C) groups is 1. The molecule has 29 heavy (non-hydrogen) atoms. The zero-order chi connectivity index (χ0) is 20.2. The van der Waals surface area contributed by atoms with Crippen molar-refractivity contribution in [3.8, 4) is 10.4 Å². The van der Waals surface area contributed by atoms with Crippen LogP contribution in [0.5, 0.6) is 0 Å². The lowest BCUT2D eigenvalue weighted by molar-refractivity contribution is 0.997. The van der Waals surface area contributed by atoms with Gasteiger partial charge in [-0.15, -0.1) is 11.3 Å². The third-order valence-electron chi connectivity index (χ3n) is 5.02. The minimum absolute atomic E-state index is 0.607. The molecule has 5 heteroatoms. The Bertz CT molecular complexity index is 1130. The second-order valence-corrected chi connectivity index (χ2v) is 8.25. The van der Waals surface area contributed by atoms with Gasteiger partial charge in [0, 0.05) is 21.0 Å².